The molecule has 1 aromatic carbocycles. The van der Waals surface area contributed by atoms with E-state index in [1.165, 1.54) is 16.8 Å². The van der Waals surface area contributed by atoms with E-state index in [9.17, 15) is 0 Å². The molecular formula is C15H22N2O2. The molecule has 1 spiro atoms. The minimum atomic E-state index is -0.380. The average Bonchev–Trinajstić information content (AvgIpc) is 2.86. The van der Waals surface area contributed by atoms with Gasteiger partial charge >= 0.3 is 0 Å². The van der Waals surface area contributed by atoms with Crippen LogP contribution in [0.3, 0.4) is 0 Å². The van der Waals surface area contributed by atoms with Crippen LogP contribution in [-0.4, -0.2) is 32.1 Å². The van der Waals surface area contributed by atoms with Crippen molar-refractivity contribution in [3.05, 3.63) is 29.3 Å². The van der Waals surface area contributed by atoms with Crippen molar-refractivity contribution in [2.75, 3.05) is 31.2 Å². The summed E-state index contributed by atoms with van der Waals surface area (Å²) in [4.78, 5) is 2.36. The van der Waals surface area contributed by atoms with E-state index in [2.05, 4.69) is 30.0 Å². The number of hydrogen-bond donors (Lipinski definition) is 1. The first-order chi connectivity index (χ1) is 9.22. The van der Waals surface area contributed by atoms with Gasteiger partial charge in [0.2, 0.25) is 0 Å². The molecule has 104 valence electrons. The van der Waals surface area contributed by atoms with Crippen LogP contribution in [-0.2, 0) is 16.0 Å². The van der Waals surface area contributed by atoms with Crippen LogP contribution in [0.2, 0.25) is 0 Å². The van der Waals surface area contributed by atoms with E-state index < -0.39 is 0 Å². The number of ether oxygens (including phenoxy) is 2. The van der Waals surface area contributed by atoms with Gasteiger partial charge in [0.15, 0.2) is 5.79 Å². The van der Waals surface area contributed by atoms with Crippen LogP contribution in [0.25, 0.3) is 0 Å². The van der Waals surface area contributed by atoms with E-state index in [1.807, 2.05) is 0 Å². The Morgan fingerprint density at radius 3 is 2.84 bits per heavy atom. The van der Waals surface area contributed by atoms with E-state index in [0.717, 1.165) is 25.9 Å². The molecule has 0 aliphatic carbocycles. The molecule has 19 heavy (non-hydrogen) atoms. The molecule has 0 bridgehead atoms. The smallest absolute Gasteiger partial charge is 0.186 e. The van der Waals surface area contributed by atoms with Crippen molar-refractivity contribution in [2.24, 2.45) is 5.73 Å². The molecule has 0 saturated carbocycles. The van der Waals surface area contributed by atoms with E-state index in [-0.39, 0.29) is 5.79 Å². The van der Waals surface area contributed by atoms with Gasteiger partial charge in [-0.25, -0.2) is 0 Å². The van der Waals surface area contributed by atoms with E-state index in [4.69, 9.17) is 15.2 Å². The Labute approximate surface area is 114 Å². The van der Waals surface area contributed by atoms with Gasteiger partial charge in [-0.2, -0.15) is 0 Å². The van der Waals surface area contributed by atoms with Gasteiger partial charge < -0.3 is 20.1 Å². The summed E-state index contributed by atoms with van der Waals surface area (Å²) >= 11 is 0. The van der Waals surface area contributed by atoms with Crippen molar-refractivity contribution >= 4 is 5.69 Å². The maximum Gasteiger partial charge on any atom is 0.186 e. The number of piperidine rings is 1. The maximum absolute atomic E-state index is 5.88. The zero-order chi connectivity index (χ0) is 13.3. The molecule has 2 heterocycles. The monoisotopic (exact) mass is 262 g/mol. The highest BCUT2D eigenvalue weighted by atomic mass is 16.7. The normalized spacial score (nSPS) is 22.1. The zero-order valence-corrected chi connectivity index (χ0v) is 11.5. The summed E-state index contributed by atoms with van der Waals surface area (Å²) in [6.45, 7) is 5.95. The van der Waals surface area contributed by atoms with Crippen LogP contribution in [0.5, 0.6) is 0 Å². The number of nitrogens with zero attached hydrogens (tertiary/aromatic N) is 1. The van der Waals surface area contributed by atoms with E-state index in [0.29, 0.717) is 19.8 Å². The van der Waals surface area contributed by atoms with Gasteiger partial charge in [-0.1, -0.05) is 17.7 Å². The van der Waals surface area contributed by atoms with Crippen LogP contribution in [0.4, 0.5) is 5.69 Å². The van der Waals surface area contributed by atoms with Crippen LogP contribution in [0, 0.1) is 6.92 Å². The highest BCUT2D eigenvalue weighted by Gasteiger charge is 2.41. The van der Waals surface area contributed by atoms with Gasteiger partial charge in [0, 0.05) is 25.2 Å². The van der Waals surface area contributed by atoms with E-state index >= 15 is 0 Å². The fourth-order valence-electron chi connectivity index (χ4n) is 3.11. The SMILES string of the molecule is Cc1ccc(N2CCCC3(C2)OCCO3)c(CN)c1. The first kappa shape index (κ1) is 12.9. The van der Waals surface area contributed by atoms with Gasteiger partial charge in [-0.05, 0) is 25.0 Å². The third kappa shape index (κ3) is 2.48. The molecule has 0 aromatic heterocycles. The second-order valence-electron chi connectivity index (χ2n) is 5.47. The number of nitrogens with two attached hydrogens (primary N) is 1. The highest BCUT2D eigenvalue weighted by Crippen LogP contribution is 2.34. The molecule has 0 radical (unpaired) electrons. The minimum Gasteiger partial charge on any atom is -0.366 e. The lowest BCUT2D eigenvalue weighted by Crippen LogP contribution is -2.49. The topological polar surface area (TPSA) is 47.7 Å². The summed E-state index contributed by atoms with van der Waals surface area (Å²) in [6.07, 6.45) is 2.09. The molecule has 0 atom stereocenters. The predicted molar refractivity (Wildman–Crippen MR) is 75.2 cm³/mol. The molecule has 0 amide bonds. The third-order valence-electron chi connectivity index (χ3n) is 4.03. The number of benzene rings is 1. The van der Waals surface area contributed by atoms with Gasteiger partial charge in [-0.3, -0.25) is 0 Å². The summed E-state index contributed by atoms with van der Waals surface area (Å²) in [5.41, 5.74) is 9.57. The average molecular weight is 262 g/mol. The Kier molecular flexibility index (Phi) is 3.48. The fraction of sp³-hybridized carbons (Fsp3) is 0.600. The second kappa shape index (κ2) is 5.12. The Morgan fingerprint density at radius 1 is 1.32 bits per heavy atom. The molecule has 0 unspecified atom stereocenters. The molecule has 2 aliphatic rings. The van der Waals surface area contributed by atoms with Crippen molar-refractivity contribution in [3.63, 3.8) is 0 Å². The molecule has 2 aliphatic heterocycles. The molecule has 2 saturated heterocycles. The Bertz CT molecular complexity index is 455. The number of aryl methyl sites for hydroxylation is 1. The number of rotatable bonds is 2. The quantitative estimate of drug-likeness (QED) is 0.883. The molecular weight excluding hydrogens is 240 g/mol. The summed E-state index contributed by atoms with van der Waals surface area (Å²) in [7, 11) is 0. The molecule has 3 rings (SSSR count). The Hall–Kier alpha value is -1.10. The number of anilines is 1. The zero-order valence-electron chi connectivity index (χ0n) is 11.5. The first-order valence-electron chi connectivity index (χ1n) is 7.05. The van der Waals surface area contributed by atoms with Gasteiger partial charge in [0.25, 0.3) is 0 Å². The van der Waals surface area contributed by atoms with Gasteiger partial charge in [0.05, 0.1) is 19.8 Å². The van der Waals surface area contributed by atoms with Crippen molar-refractivity contribution in [2.45, 2.75) is 32.1 Å². The summed E-state index contributed by atoms with van der Waals surface area (Å²) < 4.78 is 11.7. The molecule has 4 heteroatoms. The van der Waals surface area contributed by atoms with Gasteiger partial charge in [-0.15, -0.1) is 0 Å². The third-order valence-corrected chi connectivity index (χ3v) is 4.03. The summed E-state index contributed by atoms with van der Waals surface area (Å²) in [5, 5.41) is 0. The predicted octanol–water partition coefficient (Wildman–Crippen LogP) is 1.80. The van der Waals surface area contributed by atoms with Crippen molar-refractivity contribution in [1.29, 1.82) is 0 Å². The minimum absolute atomic E-state index is 0.380. The van der Waals surface area contributed by atoms with Crippen molar-refractivity contribution < 1.29 is 9.47 Å². The van der Waals surface area contributed by atoms with Crippen LogP contribution >= 0.6 is 0 Å². The van der Waals surface area contributed by atoms with Crippen LogP contribution < -0.4 is 10.6 Å². The van der Waals surface area contributed by atoms with Crippen LogP contribution in [0.1, 0.15) is 24.0 Å². The summed E-state index contributed by atoms with van der Waals surface area (Å²) in [6, 6.07) is 6.49. The number of hydrogen-bond acceptors (Lipinski definition) is 4. The first-order valence-corrected chi connectivity index (χ1v) is 7.05. The lowest BCUT2D eigenvalue weighted by Gasteiger charge is -2.40. The Balaban J connectivity index is 1.85. The maximum atomic E-state index is 5.88. The summed E-state index contributed by atoms with van der Waals surface area (Å²) in [5.74, 6) is -0.380. The molecule has 4 nitrogen and oxygen atoms in total. The van der Waals surface area contributed by atoms with E-state index in [1.54, 1.807) is 0 Å². The highest BCUT2D eigenvalue weighted by molar-refractivity contribution is 5.55. The standard InChI is InChI=1S/C15H22N2O2/c1-12-3-4-14(13(9-12)10-16)17-6-2-5-15(11-17)18-7-8-19-15/h3-4,9H,2,5-8,10-11,16H2,1H3. The molecule has 1 aromatic rings. The largest absolute Gasteiger partial charge is 0.366 e. The lowest BCUT2D eigenvalue weighted by molar-refractivity contribution is -0.161. The van der Waals surface area contributed by atoms with Gasteiger partial charge in [0.1, 0.15) is 0 Å². The lowest BCUT2D eigenvalue weighted by atomic mass is 10.0. The van der Waals surface area contributed by atoms with Crippen molar-refractivity contribution in [1.82, 2.24) is 0 Å². The van der Waals surface area contributed by atoms with Crippen molar-refractivity contribution in [3.8, 4) is 0 Å². The van der Waals surface area contributed by atoms with Crippen LogP contribution in [0.15, 0.2) is 18.2 Å². The Morgan fingerprint density at radius 2 is 2.11 bits per heavy atom. The molecule has 2 fully saturated rings. The second-order valence-corrected chi connectivity index (χ2v) is 5.47. The molecule has 2 N–H and O–H groups in total. The fourth-order valence-corrected chi connectivity index (χ4v) is 3.11.